The zero-order valence-corrected chi connectivity index (χ0v) is 20.7. The molecule has 4 rings (SSSR count). The van der Waals surface area contributed by atoms with Crippen LogP contribution in [-0.4, -0.2) is 59.9 Å². The molecule has 2 aromatic rings. The third kappa shape index (κ3) is 4.88. The Morgan fingerprint density at radius 1 is 1.32 bits per heavy atom. The second-order valence-electron chi connectivity index (χ2n) is 8.71. The van der Waals surface area contributed by atoms with Crippen molar-refractivity contribution in [2.75, 3.05) is 20.7 Å². The summed E-state index contributed by atoms with van der Waals surface area (Å²) < 4.78 is 16.1. The van der Waals surface area contributed by atoms with Crippen LogP contribution < -0.4 is 10.1 Å². The SMILES string of the molecule is COC(=O)[C@H](C)NCC1=CN(C)C2C(c3noc(-c4ccc(OC(C)C)c(Cl)c4)n3)=CC=CC12. The zero-order chi connectivity index (χ0) is 24.4. The number of likely N-dealkylation sites (N-methyl/N-ethyl adjacent to an activating group) is 1. The summed E-state index contributed by atoms with van der Waals surface area (Å²) in [6, 6.07) is 5.08. The largest absolute Gasteiger partial charge is 0.489 e. The molecule has 2 aliphatic rings. The molecule has 0 saturated carbocycles. The van der Waals surface area contributed by atoms with Crippen molar-refractivity contribution in [3.8, 4) is 17.2 Å². The predicted octanol–water partition coefficient (Wildman–Crippen LogP) is 4.10. The van der Waals surface area contributed by atoms with Crippen molar-refractivity contribution in [3.63, 3.8) is 0 Å². The Morgan fingerprint density at radius 2 is 2.12 bits per heavy atom. The maximum atomic E-state index is 11.7. The van der Waals surface area contributed by atoms with Gasteiger partial charge in [0.05, 0.1) is 24.3 Å². The van der Waals surface area contributed by atoms with E-state index in [1.54, 1.807) is 13.0 Å². The summed E-state index contributed by atoms with van der Waals surface area (Å²) in [5, 5.41) is 7.98. The highest BCUT2D eigenvalue weighted by atomic mass is 35.5. The van der Waals surface area contributed by atoms with Gasteiger partial charge >= 0.3 is 5.97 Å². The Morgan fingerprint density at radius 3 is 2.82 bits per heavy atom. The summed E-state index contributed by atoms with van der Waals surface area (Å²) in [5.41, 5.74) is 2.85. The summed E-state index contributed by atoms with van der Waals surface area (Å²) in [6.07, 6.45) is 8.31. The first-order chi connectivity index (χ1) is 16.3. The number of carbonyl (C=O) groups excluding carboxylic acids is 1. The van der Waals surface area contributed by atoms with E-state index < -0.39 is 0 Å². The number of fused-ring (bicyclic) bond motifs is 1. The highest BCUT2D eigenvalue weighted by Gasteiger charge is 2.38. The van der Waals surface area contributed by atoms with Crippen LogP contribution in [0, 0.1) is 5.92 Å². The first-order valence-corrected chi connectivity index (χ1v) is 11.6. The van der Waals surface area contributed by atoms with Gasteiger partial charge in [0.2, 0.25) is 5.82 Å². The number of carbonyl (C=O) groups is 1. The molecule has 2 heterocycles. The summed E-state index contributed by atoms with van der Waals surface area (Å²) in [6.45, 7) is 6.26. The van der Waals surface area contributed by atoms with E-state index in [1.807, 2.05) is 45.2 Å². The molecule has 1 aliphatic heterocycles. The summed E-state index contributed by atoms with van der Waals surface area (Å²) in [7, 11) is 3.41. The molecule has 2 unspecified atom stereocenters. The predicted molar refractivity (Wildman–Crippen MR) is 130 cm³/mol. The number of methoxy groups -OCH3 is 1. The lowest BCUT2D eigenvalue weighted by atomic mass is 9.85. The number of hydrogen-bond donors (Lipinski definition) is 1. The molecule has 0 radical (unpaired) electrons. The fourth-order valence-corrected chi connectivity index (χ4v) is 4.47. The van der Waals surface area contributed by atoms with Gasteiger partial charge in [-0.15, -0.1) is 0 Å². The average Bonchev–Trinajstić information content (AvgIpc) is 3.43. The van der Waals surface area contributed by atoms with Gasteiger partial charge in [0.25, 0.3) is 5.89 Å². The second-order valence-corrected chi connectivity index (χ2v) is 9.11. The minimum Gasteiger partial charge on any atom is -0.489 e. The van der Waals surface area contributed by atoms with Gasteiger partial charge in [-0.2, -0.15) is 4.98 Å². The first kappa shape index (κ1) is 24.0. The van der Waals surface area contributed by atoms with Crippen molar-refractivity contribution in [2.45, 2.75) is 39.0 Å². The van der Waals surface area contributed by atoms with Gasteiger partial charge in [-0.25, -0.2) is 0 Å². The Kier molecular flexibility index (Phi) is 7.09. The van der Waals surface area contributed by atoms with E-state index >= 15 is 0 Å². The van der Waals surface area contributed by atoms with Gasteiger partial charge in [0, 0.05) is 36.8 Å². The minimum atomic E-state index is -0.387. The van der Waals surface area contributed by atoms with Gasteiger partial charge in [-0.05, 0) is 44.5 Å². The zero-order valence-electron chi connectivity index (χ0n) is 19.9. The molecule has 0 bridgehead atoms. The molecule has 1 aromatic carbocycles. The lowest BCUT2D eigenvalue weighted by Crippen LogP contribution is -2.37. The van der Waals surface area contributed by atoms with E-state index in [0.29, 0.717) is 29.0 Å². The van der Waals surface area contributed by atoms with Crippen LogP contribution in [0.25, 0.3) is 17.0 Å². The van der Waals surface area contributed by atoms with Crippen LogP contribution >= 0.6 is 11.6 Å². The third-order valence-electron chi connectivity index (χ3n) is 5.88. The highest BCUT2D eigenvalue weighted by Crippen LogP contribution is 2.39. The standard InChI is InChI=1S/C25H29ClN4O4/c1-14(2)33-21-10-9-16(11-20(21)26)24-28-23(29-34-24)19-8-6-7-18-17(13-30(4)22(18)19)12-27-15(3)25(31)32-5/h6-11,13-15,18,22,27H,12H2,1-5H3/t15-,18?,22?/m0/s1. The van der Waals surface area contributed by atoms with Crippen LogP contribution in [0.15, 0.2) is 52.7 Å². The lowest BCUT2D eigenvalue weighted by Gasteiger charge is -2.29. The van der Waals surface area contributed by atoms with Crippen LogP contribution in [0.1, 0.15) is 26.6 Å². The molecule has 0 fully saturated rings. The molecular formula is C25H29ClN4O4. The number of rotatable bonds is 8. The molecule has 0 spiro atoms. The van der Waals surface area contributed by atoms with Crippen molar-refractivity contribution in [2.24, 2.45) is 5.92 Å². The van der Waals surface area contributed by atoms with Crippen molar-refractivity contribution < 1.29 is 18.8 Å². The Balaban J connectivity index is 1.50. The quantitative estimate of drug-likeness (QED) is 0.560. The van der Waals surface area contributed by atoms with E-state index in [1.165, 1.54) is 12.7 Å². The van der Waals surface area contributed by atoms with Crippen molar-refractivity contribution in [1.82, 2.24) is 20.4 Å². The number of halogens is 1. The topological polar surface area (TPSA) is 89.7 Å². The van der Waals surface area contributed by atoms with Crippen LogP contribution in [-0.2, 0) is 9.53 Å². The number of ether oxygens (including phenoxy) is 2. The molecule has 8 nitrogen and oxygen atoms in total. The minimum absolute atomic E-state index is 0.0263. The van der Waals surface area contributed by atoms with Crippen LogP contribution in [0.3, 0.4) is 0 Å². The normalized spacial score (nSPS) is 20.1. The number of aromatic nitrogens is 2. The summed E-state index contributed by atoms with van der Waals surface area (Å²) >= 11 is 6.38. The number of hydrogen-bond acceptors (Lipinski definition) is 8. The van der Waals surface area contributed by atoms with E-state index in [-0.39, 0.29) is 30.1 Å². The second kappa shape index (κ2) is 10.0. The van der Waals surface area contributed by atoms with Crippen molar-refractivity contribution in [3.05, 3.63) is 59.0 Å². The van der Waals surface area contributed by atoms with Gasteiger partial charge in [0.15, 0.2) is 0 Å². The molecule has 0 amide bonds. The van der Waals surface area contributed by atoms with Crippen LogP contribution in [0.4, 0.5) is 0 Å². The van der Waals surface area contributed by atoms with E-state index in [4.69, 9.17) is 25.6 Å². The number of allylic oxidation sites excluding steroid dienone is 2. The molecule has 1 aromatic heterocycles. The van der Waals surface area contributed by atoms with Crippen LogP contribution in [0.2, 0.25) is 5.02 Å². The molecule has 180 valence electrons. The first-order valence-electron chi connectivity index (χ1n) is 11.2. The Bertz CT molecular complexity index is 1150. The third-order valence-corrected chi connectivity index (χ3v) is 6.18. The summed E-state index contributed by atoms with van der Waals surface area (Å²) in [4.78, 5) is 18.5. The van der Waals surface area contributed by atoms with Gasteiger partial charge in [-0.1, -0.05) is 35.0 Å². The van der Waals surface area contributed by atoms with Crippen molar-refractivity contribution >= 4 is 23.1 Å². The highest BCUT2D eigenvalue weighted by molar-refractivity contribution is 6.32. The lowest BCUT2D eigenvalue weighted by molar-refractivity contribution is -0.142. The Hall–Kier alpha value is -3.10. The van der Waals surface area contributed by atoms with E-state index in [2.05, 4.69) is 32.6 Å². The van der Waals surface area contributed by atoms with Gasteiger partial charge in [0.1, 0.15) is 11.8 Å². The Labute approximate surface area is 204 Å². The number of nitrogens with zero attached hydrogens (tertiary/aromatic N) is 3. The molecule has 34 heavy (non-hydrogen) atoms. The number of benzene rings is 1. The van der Waals surface area contributed by atoms with E-state index in [9.17, 15) is 4.79 Å². The molecular weight excluding hydrogens is 456 g/mol. The number of esters is 1. The number of nitrogens with one attached hydrogen (secondary N) is 1. The molecule has 1 aliphatic carbocycles. The van der Waals surface area contributed by atoms with E-state index in [0.717, 1.165) is 11.1 Å². The average molecular weight is 485 g/mol. The monoisotopic (exact) mass is 484 g/mol. The molecule has 1 N–H and O–H groups in total. The molecule has 0 saturated heterocycles. The fraction of sp³-hybridized carbons (Fsp3) is 0.400. The van der Waals surface area contributed by atoms with Crippen molar-refractivity contribution in [1.29, 1.82) is 0 Å². The smallest absolute Gasteiger partial charge is 0.322 e. The van der Waals surface area contributed by atoms with Crippen LogP contribution in [0.5, 0.6) is 5.75 Å². The van der Waals surface area contributed by atoms with Gasteiger partial charge in [-0.3, -0.25) is 4.79 Å². The maximum absolute atomic E-state index is 11.7. The summed E-state index contributed by atoms with van der Waals surface area (Å²) in [5.74, 6) is 1.38. The molecule has 3 atom stereocenters. The molecule has 9 heteroatoms. The van der Waals surface area contributed by atoms with Gasteiger partial charge < -0.3 is 24.2 Å². The maximum Gasteiger partial charge on any atom is 0.322 e. The fourth-order valence-electron chi connectivity index (χ4n) is 4.25.